The third-order valence-corrected chi connectivity index (χ3v) is 2.56. The fourth-order valence-electron chi connectivity index (χ4n) is 1.53. The molecule has 1 aromatic carbocycles. The smallest absolute Gasteiger partial charge is 0.359 e. The van der Waals surface area contributed by atoms with Crippen molar-refractivity contribution >= 4 is 16.9 Å². The molecule has 2 aromatic rings. The van der Waals surface area contributed by atoms with Gasteiger partial charge < -0.3 is 4.74 Å². The zero-order valence-corrected chi connectivity index (χ0v) is 8.92. The fraction of sp³-hybridized carbons (Fsp3) is 0.273. The molecule has 0 saturated carbocycles. The quantitative estimate of drug-likeness (QED) is 0.722. The average Bonchev–Trinajstić information content (AvgIpc) is 2.61. The summed E-state index contributed by atoms with van der Waals surface area (Å²) in [5.74, 6) is -0.412. The van der Waals surface area contributed by atoms with E-state index in [9.17, 15) is 4.79 Å². The molecule has 0 radical (unpaired) electrons. The Morgan fingerprint density at radius 2 is 2.00 bits per heavy atom. The number of nitrogens with one attached hydrogen (secondary N) is 1. The zero-order chi connectivity index (χ0) is 11.0. The minimum absolute atomic E-state index is 0.343. The summed E-state index contributed by atoms with van der Waals surface area (Å²) >= 11 is 0. The number of aromatic amines is 1. The van der Waals surface area contributed by atoms with Crippen LogP contribution in [0.15, 0.2) is 12.1 Å². The predicted molar refractivity (Wildman–Crippen MR) is 56.9 cm³/mol. The van der Waals surface area contributed by atoms with E-state index >= 15 is 0 Å². The van der Waals surface area contributed by atoms with Crippen LogP contribution in [0.2, 0.25) is 0 Å². The Kier molecular flexibility index (Phi) is 2.19. The second-order valence-corrected chi connectivity index (χ2v) is 3.55. The topological polar surface area (TPSA) is 55.0 Å². The molecule has 0 fully saturated rings. The van der Waals surface area contributed by atoms with E-state index in [4.69, 9.17) is 0 Å². The summed E-state index contributed by atoms with van der Waals surface area (Å²) in [5, 5.41) is 7.58. The van der Waals surface area contributed by atoms with Crippen molar-refractivity contribution in [3.63, 3.8) is 0 Å². The zero-order valence-electron chi connectivity index (χ0n) is 8.92. The van der Waals surface area contributed by atoms with E-state index < -0.39 is 5.97 Å². The molecule has 0 aliphatic rings. The Morgan fingerprint density at radius 3 is 2.67 bits per heavy atom. The minimum Gasteiger partial charge on any atom is -0.464 e. The van der Waals surface area contributed by atoms with Gasteiger partial charge in [0.25, 0.3) is 0 Å². The number of carbonyl (C=O) groups excluding carboxylic acids is 1. The van der Waals surface area contributed by atoms with Crippen molar-refractivity contribution in [3.8, 4) is 0 Å². The maximum atomic E-state index is 11.4. The first kappa shape index (κ1) is 9.71. The van der Waals surface area contributed by atoms with Crippen molar-refractivity contribution in [3.05, 3.63) is 29.0 Å². The number of aromatic nitrogens is 2. The maximum Gasteiger partial charge on any atom is 0.359 e. The third-order valence-electron chi connectivity index (χ3n) is 2.56. The molecule has 1 heterocycles. The van der Waals surface area contributed by atoms with Crippen LogP contribution in [-0.4, -0.2) is 23.3 Å². The molecule has 78 valence electrons. The number of fused-ring (bicyclic) bond motifs is 1. The molecule has 0 atom stereocenters. The second-order valence-electron chi connectivity index (χ2n) is 3.55. The summed E-state index contributed by atoms with van der Waals surface area (Å²) < 4.78 is 4.65. The molecule has 0 unspecified atom stereocenters. The van der Waals surface area contributed by atoms with Crippen LogP contribution in [0.3, 0.4) is 0 Å². The lowest BCUT2D eigenvalue weighted by atomic mass is 10.1. The fourth-order valence-corrected chi connectivity index (χ4v) is 1.53. The third kappa shape index (κ3) is 1.48. The van der Waals surface area contributed by atoms with Crippen LogP contribution >= 0.6 is 0 Å². The molecular weight excluding hydrogens is 192 g/mol. The van der Waals surface area contributed by atoms with Crippen LogP contribution in [0.4, 0.5) is 0 Å². The highest BCUT2D eigenvalue weighted by Gasteiger charge is 2.14. The van der Waals surface area contributed by atoms with Crippen LogP contribution in [0.1, 0.15) is 21.6 Å². The van der Waals surface area contributed by atoms with Crippen LogP contribution in [0, 0.1) is 13.8 Å². The van der Waals surface area contributed by atoms with E-state index in [0.717, 1.165) is 16.5 Å². The van der Waals surface area contributed by atoms with E-state index in [1.807, 2.05) is 26.0 Å². The highest BCUT2D eigenvalue weighted by molar-refractivity contribution is 6.02. The maximum absolute atomic E-state index is 11.4. The normalized spacial score (nSPS) is 10.6. The molecule has 1 aromatic heterocycles. The molecule has 4 nitrogen and oxygen atoms in total. The highest BCUT2D eigenvalue weighted by Crippen LogP contribution is 2.20. The molecular formula is C11H12N2O2. The highest BCUT2D eigenvalue weighted by atomic mass is 16.5. The number of carbonyl (C=O) groups is 1. The van der Waals surface area contributed by atoms with Gasteiger partial charge in [0.15, 0.2) is 5.69 Å². The standard InChI is InChI=1S/C11H12N2O2/c1-6-4-8-9(5-7(6)2)12-13-10(8)11(14)15-3/h4-5H,1-3H3,(H,12,13). The summed E-state index contributed by atoms with van der Waals surface area (Å²) in [6.07, 6.45) is 0. The SMILES string of the molecule is COC(=O)c1n[nH]c2cc(C)c(C)cc12. The number of nitrogens with zero attached hydrogens (tertiary/aromatic N) is 1. The van der Waals surface area contributed by atoms with Crippen LogP contribution in [0.5, 0.6) is 0 Å². The number of esters is 1. The van der Waals surface area contributed by atoms with Gasteiger partial charge in [-0.3, -0.25) is 5.10 Å². The van der Waals surface area contributed by atoms with Crippen molar-refractivity contribution < 1.29 is 9.53 Å². The summed E-state index contributed by atoms with van der Waals surface area (Å²) in [6.45, 7) is 4.02. The number of aryl methyl sites for hydroxylation is 2. The summed E-state index contributed by atoms with van der Waals surface area (Å²) in [5.41, 5.74) is 3.51. The molecule has 0 saturated heterocycles. The Balaban J connectivity index is 2.69. The van der Waals surface area contributed by atoms with Gasteiger partial charge in [-0.2, -0.15) is 5.10 Å². The van der Waals surface area contributed by atoms with E-state index in [-0.39, 0.29) is 0 Å². The van der Waals surface area contributed by atoms with E-state index in [1.54, 1.807) is 0 Å². The monoisotopic (exact) mass is 204 g/mol. The first-order valence-corrected chi connectivity index (χ1v) is 4.67. The van der Waals surface area contributed by atoms with Gasteiger partial charge in [0, 0.05) is 5.39 Å². The molecule has 15 heavy (non-hydrogen) atoms. The van der Waals surface area contributed by atoms with E-state index in [0.29, 0.717) is 5.69 Å². The van der Waals surface area contributed by atoms with Crippen molar-refractivity contribution in [2.45, 2.75) is 13.8 Å². The van der Waals surface area contributed by atoms with Gasteiger partial charge in [0.2, 0.25) is 0 Å². The van der Waals surface area contributed by atoms with Gasteiger partial charge in [-0.1, -0.05) is 0 Å². The van der Waals surface area contributed by atoms with Crippen LogP contribution < -0.4 is 0 Å². The molecule has 1 N–H and O–H groups in total. The Bertz CT molecular complexity index is 529. The summed E-state index contributed by atoms with van der Waals surface area (Å²) in [4.78, 5) is 11.4. The van der Waals surface area contributed by atoms with Gasteiger partial charge >= 0.3 is 5.97 Å². The summed E-state index contributed by atoms with van der Waals surface area (Å²) in [6, 6.07) is 3.92. The number of methoxy groups -OCH3 is 1. The minimum atomic E-state index is -0.412. The van der Waals surface area contributed by atoms with Gasteiger partial charge in [0.1, 0.15) is 0 Å². The average molecular weight is 204 g/mol. The largest absolute Gasteiger partial charge is 0.464 e. The van der Waals surface area contributed by atoms with Crippen molar-refractivity contribution in [2.24, 2.45) is 0 Å². The van der Waals surface area contributed by atoms with Gasteiger partial charge in [-0.15, -0.1) is 0 Å². The van der Waals surface area contributed by atoms with Crippen molar-refractivity contribution in [1.29, 1.82) is 0 Å². The van der Waals surface area contributed by atoms with Crippen molar-refractivity contribution in [2.75, 3.05) is 7.11 Å². The number of hydrogen-bond donors (Lipinski definition) is 1. The lowest BCUT2D eigenvalue weighted by Crippen LogP contribution is -2.02. The van der Waals surface area contributed by atoms with Crippen LogP contribution in [-0.2, 0) is 4.74 Å². The Morgan fingerprint density at radius 1 is 1.33 bits per heavy atom. The molecule has 4 heteroatoms. The van der Waals surface area contributed by atoms with Gasteiger partial charge in [0.05, 0.1) is 12.6 Å². The summed E-state index contributed by atoms with van der Waals surface area (Å²) in [7, 11) is 1.35. The number of ether oxygens (including phenoxy) is 1. The molecule has 0 aliphatic heterocycles. The Labute approximate surface area is 87.2 Å². The van der Waals surface area contributed by atoms with Gasteiger partial charge in [-0.25, -0.2) is 4.79 Å². The van der Waals surface area contributed by atoms with Gasteiger partial charge in [-0.05, 0) is 37.1 Å². The first-order chi connectivity index (χ1) is 7.13. The second kappa shape index (κ2) is 3.38. The lowest BCUT2D eigenvalue weighted by Gasteiger charge is -2.00. The molecule has 0 aliphatic carbocycles. The molecule has 0 bridgehead atoms. The number of rotatable bonds is 1. The first-order valence-electron chi connectivity index (χ1n) is 4.67. The molecule has 0 amide bonds. The molecule has 2 rings (SSSR count). The Hall–Kier alpha value is -1.84. The van der Waals surface area contributed by atoms with Crippen LogP contribution in [0.25, 0.3) is 10.9 Å². The van der Waals surface area contributed by atoms with E-state index in [2.05, 4.69) is 14.9 Å². The number of benzene rings is 1. The van der Waals surface area contributed by atoms with E-state index in [1.165, 1.54) is 12.7 Å². The number of hydrogen-bond acceptors (Lipinski definition) is 3. The van der Waals surface area contributed by atoms with Crippen molar-refractivity contribution in [1.82, 2.24) is 10.2 Å². The molecule has 0 spiro atoms. The lowest BCUT2D eigenvalue weighted by molar-refractivity contribution is 0.0596. The predicted octanol–water partition coefficient (Wildman–Crippen LogP) is 1.97. The number of H-pyrrole nitrogens is 1.